The molecule has 0 aliphatic rings. The third-order valence-corrected chi connectivity index (χ3v) is 3.36. The molecule has 0 aliphatic heterocycles. The van der Waals surface area contributed by atoms with Crippen molar-refractivity contribution >= 4 is 16.8 Å². The lowest BCUT2D eigenvalue weighted by molar-refractivity contribution is -0.158. The number of aryl methyl sites for hydroxylation is 1. The van der Waals surface area contributed by atoms with Gasteiger partial charge in [0.15, 0.2) is 0 Å². The van der Waals surface area contributed by atoms with E-state index in [4.69, 9.17) is 0 Å². The van der Waals surface area contributed by atoms with Gasteiger partial charge in [0.05, 0.1) is 5.52 Å². The van der Waals surface area contributed by atoms with E-state index in [0.717, 1.165) is 18.0 Å². The van der Waals surface area contributed by atoms with Crippen LogP contribution in [0.2, 0.25) is 0 Å². The zero-order chi connectivity index (χ0) is 16.5. The number of hydrogen-bond acceptors (Lipinski definition) is 2. The van der Waals surface area contributed by atoms with Crippen LogP contribution in [0, 0.1) is 6.92 Å². The topological polar surface area (TPSA) is 42.3 Å². The minimum absolute atomic E-state index is 0.412. The standard InChI is InChI=1S/C15H15F3N2O2/c1-10-7-13(21)20(12-6-4-3-5-11(10)12)8-14(22)19(2)9-15(16,17)18/h3-7H,8-9H2,1-2H3. The number of aromatic nitrogens is 1. The highest BCUT2D eigenvalue weighted by Crippen LogP contribution is 2.17. The molecule has 0 bridgehead atoms. The number of para-hydroxylation sites is 1. The van der Waals surface area contributed by atoms with Crippen molar-refractivity contribution in [1.82, 2.24) is 9.47 Å². The summed E-state index contributed by atoms with van der Waals surface area (Å²) in [4.78, 5) is 24.6. The number of fused-ring (bicyclic) bond motifs is 1. The van der Waals surface area contributed by atoms with E-state index in [9.17, 15) is 22.8 Å². The molecule has 1 aromatic heterocycles. The lowest BCUT2D eigenvalue weighted by Gasteiger charge is -2.20. The Kier molecular flexibility index (Phi) is 4.25. The second-order valence-corrected chi connectivity index (χ2v) is 5.13. The number of carbonyl (C=O) groups is 1. The van der Waals surface area contributed by atoms with Gasteiger partial charge in [0.1, 0.15) is 13.1 Å². The molecule has 22 heavy (non-hydrogen) atoms. The van der Waals surface area contributed by atoms with Gasteiger partial charge in [-0.2, -0.15) is 13.2 Å². The van der Waals surface area contributed by atoms with E-state index in [0.29, 0.717) is 10.4 Å². The van der Waals surface area contributed by atoms with Crippen molar-refractivity contribution in [3.8, 4) is 0 Å². The lowest BCUT2D eigenvalue weighted by Crippen LogP contribution is -2.39. The van der Waals surface area contributed by atoms with Gasteiger partial charge in [-0.1, -0.05) is 18.2 Å². The highest BCUT2D eigenvalue weighted by atomic mass is 19.4. The van der Waals surface area contributed by atoms with Crippen LogP contribution in [0.1, 0.15) is 5.56 Å². The first-order chi connectivity index (χ1) is 10.2. The summed E-state index contributed by atoms with van der Waals surface area (Å²) in [5.41, 5.74) is 0.874. The van der Waals surface area contributed by atoms with E-state index in [-0.39, 0.29) is 0 Å². The smallest absolute Gasteiger partial charge is 0.335 e. The third kappa shape index (κ3) is 3.47. The molecule has 1 aromatic carbocycles. The maximum atomic E-state index is 12.3. The van der Waals surface area contributed by atoms with Crippen LogP contribution in [0.3, 0.4) is 0 Å². The molecule has 4 nitrogen and oxygen atoms in total. The number of hydrogen-bond donors (Lipinski definition) is 0. The maximum absolute atomic E-state index is 12.3. The zero-order valence-electron chi connectivity index (χ0n) is 12.1. The first kappa shape index (κ1) is 16.1. The summed E-state index contributed by atoms with van der Waals surface area (Å²) in [6.45, 7) is 0.00224. The summed E-state index contributed by atoms with van der Waals surface area (Å²) in [5.74, 6) is -0.770. The fraction of sp³-hybridized carbons (Fsp3) is 0.333. The summed E-state index contributed by atoms with van der Waals surface area (Å²) < 4.78 is 38.2. The molecule has 0 spiro atoms. The van der Waals surface area contributed by atoms with Crippen LogP contribution in [0.5, 0.6) is 0 Å². The Labute approximate surface area is 124 Å². The number of carbonyl (C=O) groups excluding carboxylic acids is 1. The quantitative estimate of drug-likeness (QED) is 0.873. The molecule has 0 fully saturated rings. The molecule has 2 rings (SSSR count). The van der Waals surface area contributed by atoms with Gasteiger partial charge in [0.2, 0.25) is 5.91 Å². The second-order valence-electron chi connectivity index (χ2n) is 5.13. The first-order valence-electron chi connectivity index (χ1n) is 6.59. The first-order valence-corrected chi connectivity index (χ1v) is 6.59. The van der Waals surface area contributed by atoms with Crippen LogP contribution in [0.25, 0.3) is 10.9 Å². The summed E-state index contributed by atoms with van der Waals surface area (Å²) in [6, 6.07) is 8.34. The van der Waals surface area contributed by atoms with Gasteiger partial charge in [-0.05, 0) is 18.6 Å². The fourth-order valence-electron chi connectivity index (χ4n) is 2.28. The average molecular weight is 312 g/mol. The molecular weight excluding hydrogens is 297 g/mol. The SMILES string of the molecule is Cc1cc(=O)n(CC(=O)N(C)CC(F)(F)F)c2ccccc12. The number of alkyl halides is 3. The predicted molar refractivity (Wildman–Crippen MR) is 76.6 cm³/mol. The molecule has 0 saturated carbocycles. The van der Waals surface area contributed by atoms with E-state index >= 15 is 0 Å². The molecule has 7 heteroatoms. The van der Waals surface area contributed by atoms with Crippen molar-refractivity contribution in [3.05, 3.63) is 46.2 Å². The van der Waals surface area contributed by atoms with Crippen LogP contribution < -0.4 is 5.56 Å². The number of nitrogens with zero attached hydrogens (tertiary/aromatic N) is 2. The largest absolute Gasteiger partial charge is 0.406 e. The molecular formula is C15H15F3N2O2. The van der Waals surface area contributed by atoms with Gasteiger partial charge in [0.25, 0.3) is 5.56 Å². The predicted octanol–water partition coefficient (Wildman–Crippen LogP) is 2.33. The molecule has 0 atom stereocenters. The van der Waals surface area contributed by atoms with Crippen molar-refractivity contribution in [3.63, 3.8) is 0 Å². The van der Waals surface area contributed by atoms with Crippen LogP contribution in [0.4, 0.5) is 13.2 Å². The highest BCUT2D eigenvalue weighted by molar-refractivity contribution is 5.84. The van der Waals surface area contributed by atoms with Crippen molar-refractivity contribution < 1.29 is 18.0 Å². The molecule has 0 radical (unpaired) electrons. The summed E-state index contributed by atoms with van der Waals surface area (Å²) in [5, 5.41) is 0.786. The second kappa shape index (κ2) is 5.82. The van der Waals surface area contributed by atoms with Crippen molar-refractivity contribution in [1.29, 1.82) is 0 Å². The molecule has 1 heterocycles. The summed E-state index contributed by atoms with van der Waals surface area (Å²) in [7, 11) is 1.07. The van der Waals surface area contributed by atoms with Crippen molar-refractivity contribution in [2.45, 2.75) is 19.6 Å². The van der Waals surface area contributed by atoms with Crippen LogP contribution in [-0.2, 0) is 11.3 Å². The summed E-state index contributed by atoms with van der Waals surface area (Å²) in [6.07, 6.45) is -4.47. The van der Waals surface area contributed by atoms with Crippen LogP contribution in [0.15, 0.2) is 35.1 Å². The van der Waals surface area contributed by atoms with Crippen LogP contribution >= 0.6 is 0 Å². The monoisotopic (exact) mass is 312 g/mol. The van der Waals surface area contributed by atoms with E-state index in [1.165, 1.54) is 10.6 Å². The molecule has 0 unspecified atom stereocenters. The molecule has 0 aliphatic carbocycles. The molecule has 0 N–H and O–H groups in total. The lowest BCUT2D eigenvalue weighted by atomic mass is 10.1. The van der Waals surface area contributed by atoms with Gasteiger partial charge in [-0.15, -0.1) is 0 Å². The Hall–Kier alpha value is -2.31. The van der Waals surface area contributed by atoms with Crippen LogP contribution in [-0.4, -0.2) is 35.1 Å². The van der Waals surface area contributed by atoms with Gasteiger partial charge >= 0.3 is 6.18 Å². The van der Waals surface area contributed by atoms with E-state index in [1.807, 2.05) is 0 Å². The van der Waals surface area contributed by atoms with Gasteiger partial charge < -0.3 is 4.90 Å². The number of rotatable bonds is 3. The normalized spacial score (nSPS) is 11.7. The number of halogens is 3. The van der Waals surface area contributed by atoms with Crippen molar-refractivity contribution in [2.24, 2.45) is 0 Å². The highest BCUT2D eigenvalue weighted by Gasteiger charge is 2.31. The molecule has 1 amide bonds. The number of pyridine rings is 1. The molecule has 2 aromatic rings. The molecule has 0 saturated heterocycles. The van der Waals surface area contributed by atoms with E-state index in [1.54, 1.807) is 31.2 Å². The van der Waals surface area contributed by atoms with E-state index < -0.39 is 30.7 Å². The number of benzene rings is 1. The van der Waals surface area contributed by atoms with Gasteiger partial charge in [-0.3, -0.25) is 14.2 Å². The maximum Gasteiger partial charge on any atom is 0.406 e. The minimum Gasteiger partial charge on any atom is -0.335 e. The van der Waals surface area contributed by atoms with Crippen molar-refractivity contribution in [2.75, 3.05) is 13.6 Å². The third-order valence-electron chi connectivity index (χ3n) is 3.36. The Bertz CT molecular complexity index is 765. The van der Waals surface area contributed by atoms with E-state index in [2.05, 4.69) is 0 Å². The Balaban J connectivity index is 2.36. The van der Waals surface area contributed by atoms with Gasteiger partial charge in [0, 0.05) is 18.5 Å². The Morgan fingerprint density at radius 2 is 1.91 bits per heavy atom. The minimum atomic E-state index is -4.47. The fourth-order valence-corrected chi connectivity index (χ4v) is 2.28. The molecule has 118 valence electrons. The average Bonchev–Trinajstić information content (AvgIpc) is 2.41. The summed E-state index contributed by atoms with van der Waals surface area (Å²) >= 11 is 0. The Morgan fingerprint density at radius 1 is 1.27 bits per heavy atom. The van der Waals surface area contributed by atoms with Gasteiger partial charge in [-0.25, -0.2) is 0 Å². The number of amides is 1. The zero-order valence-corrected chi connectivity index (χ0v) is 12.1. The Morgan fingerprint density at radius 3 is 2.55 bits per heavy atom. The number of likely N-dealkylation sites (N-methyl/N-ethyl adjacent to an activating group) is 1.